The Kier molecular flexibility index (Phi) is 33.9. The van der Waals surface area contributed by atoms with Crippen molar-refractivity contribution in [3.05, 3.63) is 0 Å². The molecule has 0 aromatic carbocycles. The van der Waals surface area contributed by atoms with Crippen LogP contribution in [0.25, 0.3) is 0 Å². The van der Waals surface area contributed by atoms with E-state index in [9.17, 15) is 19.2 Å². The van der Waals surface area contributed by atoms with Gasteiger partial charge in [-0.25, -0.2) is 0 Å². The SMILES string of the molecule is O=C(O)CCCCCCCCC(=O)O.O=C(O)CCCCCCCCC(=O)O.OCCOCCO. The number of carboxylic acid groups (broad SMARTS) is 4. The van der Waals surface area contributed by atoms with Crippen LogP contribution >= 0.6 is 0 Å². The number of aliphatic carboxylic acids is 4. The highest BCUT2D eigenvalue weighted by atomic mass is 16.5. The summed E-state index contributed by atoms with van der Waals surface area (Å²) in [5.41, 5.74) is 0. The van der Waals surface area contributed by atoms with E-state index in [-0.39, 0.29) is 38.9 Å². The molecule has 0 spiro atoms. The third kappa shape index (κ3) is 49.8. The number of carbonyl (C=O) groups is 4. The third-order valence-electron chi connectivity index (χ3n) is 4.53. The monoisotopic (exact) mass is 510 g/mol. The standard InChI is InChI=1S/2C10H18O4.C4H10O3/c2*11-9(12)7-5-3-1-2-4-6-8-10(13)14;5-1-3-7-4-2-6/h2*1-8H2,(H,11,12)(H,13,14);5-6H,1-4H2. The molecule has 6 N–H and O–H groups in total. The maximum Gasteiger partial charge on any atom is 0.303 e. The summed E-state index contributed by atoms with van der Waals surface area (Å²) in [6.45, 7) is 0.696. The number of ether oxygens (including phenoxy) is 1. The van der Waals surface area contributed by atoms with Crippen molar-refractivity contribution in [3.8, 4) is 0 Å². The van der Waals surface area contributed by atoms with E-state index in [0.29, 0.717) is 13.2 Å². The van der Waals surface area contributed by atoms with Crippen LogP contribution in [0.15, 0.2) is 0 Å². The molecular formula is C24H46O11. The summed E-state index contributed by atoms with van der Waals surface area (Å²) in [5, 5.41) is 49.6. The van der Waals surface area contributed by atoms with E-state index in [0.717, 1.165) is 77.0 Å². The van der Waals surface area contributed by atoms with Crippen molar-refractivity contribution < 1.29 is 54.6 Å². The van der Waals surface area contributed by atoms with Gasteiger partial charge in [-0.3, -0.25) is 19.2 Å². The summed E-state index contributed by atoms with van der Waals surface area (Å²) in [6.07, 6.45) is 11.6. The Bertz CT molecular complexity index is 426. The van der Waals surface area contributed by atoms with Crippen LogP contribution in [0.1, 0.15) is 103 Å². The zero-order chi connectivity index (χ0) is 27.2. The molecule has 208 valence electrons. The number of unbranched alkanes of at least 4 members (excludes halogenated alkanes) is 10. The first-order chi connectivity index (χ1) is 16.7. The van der Waals surface area contributed by atoms with Gasteiger partial charge in [-0.15, -0.1) is 0 Å². The summed E-state index contributed by atoms with van der Waals surface area (Å²) < 4.78 is 4.63. The predicted molar refractivity (Wildman–Crippen MR) is 129 cm³/mol. The Balaban J connectivity index is -0.000000465. The van der Waals surface area contributed by atoms with Gasteiger partial charge in [0.05, 0.1) is 26.4 Å². The maximum absolute atomic E-state index is 10.1. The molecular weight excluding hydrogens is 464 g/mol. The van der Waals surface area contributed by atoms with Crippen molar-refractivity contribution in [2.45, 2.75) is 103 Å². The third-order valence-corrected chi connectivity index (χ3v) is 4.53. The number of carboxylic acids is 4. The molecule has 0 atom stereocenters. The summed E-state index contributed by atoms with van der Waals surface area (Å²) in [5.74, 6) is -2.96. The van der Waals surface area contributed by atoms with Gasteiger partial charge >= 0.3 is 23.9 Å². The lowest BCUT2D eigenvalue weighted by Gasteiger charge is -1.98. The summed E-state index contributed by atoms with van der Waals surface area (Å²) >= 11 is 0. The van der Waals surface area contributed by atoms with Crippen LogP contribution in [-0.2, 0) is 23.9 Å². The smallest absolute Gasteiger partial charge is 0.303 e. The molecule has 0 saturated carbocycles. The molecule has 0 bridgehead atoms. The highest BCUT2D eigenvalue weighted by Gasteiger charge is 1.99. The van der Waals surface area contributed by atoms with Gasteiger partial charge in [0.25, 0.3) is 0 Å². The van der Waals surface area contributed by atoms with Crippen molar-refractivity contribution in [1.29, 1.82) is 0 Å². The number of hydrogen-bond donors (Lipinski definition) is 6. The first kappa shape index (κ1) is 37.3. The normalized spacial score (nSPS) is 9.89. The number of rotatable bonds is 22. The second-order valence-corrected chi connectivity index (χ2v) is 7.88. The fourth-order valence-electron chi connectivity index (χ4n) is 2.75. The van der Waals surface area contributed by atoms with Gasteiger partial charge in [-0.1, -0.05) is 51.4 Å². The van der Waals surface area contributed by atoms with Crippen LogP contribution < -0.4 is 0 Å². The fourth-order valence-corrected chi connectivity index (χ4v) is 2.75. The predicted octanol–water partition coefficient (Wildman–Crippen LogP) is 3.54. The quantitative estimate of drug-likeness (QED) is 0.116. The molecule has 0 saturated heterocycles. The van der Waals surface area contributed by atoms with Gasteiger partial charge in [0.1, 0.15) is 0 Å². The largest absolute Gasteiger partial charge is 0.481 e. The molecule has 0 aliphatic rings. The minimum absolute atomic E-state index is 0.0278. The number of aliphatic hydroxyl groups is 2. The lowest BCUT2D eigenvalue weighted by atomic mass is 10.1. The van der Waals surface area contributed by atoms with Crippen molar-refractivity contribution >= 4 is 23.9 Å². The molecule has 0 aliphatic heterocycles. The van der Waals surface area contributed by atoms with Gasteiger partial charge in [0.15, 0.2) is 0 Å². The molecule has 11 heteroatoms. The van der Waals surface area contributed by atoms with Crippen molar-refractivity contribution in [2.24, 2.45) is 0 Å². The summed E-state index contributed by atoms with van der Waals surface area (Å²) in [6, 6.07) is 0. The average molecular weight is 511 g/mol. The molecule has 0 amide bonds. The average Bonchev–Trinajstić information content (AvgIpc) is 2.78. The molecule has 0 fully saturated rings. The highest BCUT2D eigenvalue weighted by molar-refractivity contribution is 5.67. The number of aliphatic hydroxyl groups excluding tert-OH is 2. The van der Waals surface area contributed by atoms with Crippen LogP contribution in [0.4, 0.5) is 0 Å². The zero-order valence-electron chi connectivity index (χ0n) is 20.9. The first-order valence-corrected chi connectivity index (χ1v) is 12.3. The lowest BCUT2D eigenvalue weighted by molar-refractivity contribution is -0.138. The highest BCUT2D eigenvalue weighted by Crippen LogP contribution is 2.09. The van der Waals surface area contributed by atoms with Crippen molar-refractivity contribution in [3.63, 3.8) is 0 Å². The minimum atomic E-state index is -0.740. The van der Waals surface area contributed by atoms with Gasteiger partial charge in [0.2, 0.25) is 0 Å². The maximum atomic E-state index is 10.1. The molecule has 0 heterocycles. The van der Waals surface area contributed by atoms with Gasteiger partial charge in [0, 0.05) is 25.7 Å². The van der Waals surface area contributed by atoms with Crippen LogP contribution in [0.3, 0.4) is 0 Å². The van der Waals surface area contributed by atoms with Gasteiger partial charge in [-0.05, 0) is 25.7 Å². The topological polar surface area (TPSA) is 199 Å². The van der Waals surface area contributed by atoms with Crippen LogP contribution in [0.2, 0.25) is 0 Å². The summed E-state index contributed by atoms with van der Waals surface area (Å²) in [7, 11) is 0. The van der Waals surface area contributed by atoms with Crippen LogP contribution in [0, 0.1) is 0 Å². The molecule has 0 radical (unpaired) electrons. The van der Waals surface area contributed by atoms with E-state index in [4.69, 9.17) is 30.6 Å². The first-order valence-electron chi connectivity index (χ1n) is 12.3. The Morgan fingerprint density at radius 1 is 0.400 bits per heavy atom. The Hall–Kier alpha value is -2.24. The Morgan fingerprint density at radius 2 is 0.600 bits per heavy atom. The molecule has 35 heavy (non-hydrogen) atoms. The van der Waals surface area contributed by atoms with E-state index in [2.05, 4.69) is 4.74 Å². The van der Waals surface area contributed by atoms with Crippen LogP contribution in [0.5, 0.6) is 0 Å². The van der Waals surface area contributed by atoms with E-state index in [1.54, 1.807) is 0 Å². The molecule has 0 aromatic heterocycles. The van der Waals surface area contributed by atoms with E-state index in [1.165, 1.54) is 0 Å². The second-order valence-electron chi connectivity index (χ2n) is 7.88. The van der Waals surface area contributed by atoms with E-state index >= 15 is 0 Å². The molecule has 0 aliphatic carbocycles. The molecule has 0 rings (SSSR count). The molecule has 0 unspecified atom stereocenters. The van der Waals surface area contributed by atoms with Crippen molar-refractivity contribution in [2.75, 3.05) is 26.4 Å². The molecule has 11 nitrogen and oxygen atoms in total. The summed E-state index contributed by atoms with van der Waals surface area (Å²) in [4.78, 5) is 40.6. The number of hydrogen-bond acceptors (Lipinski definition) is 7. The Morgan fingerprint density at radius 3 is 0.771 bits per heavy atom. The molecule has 0 aromatic rings. The van der Waals surface area contributed by atoms with Gasteiger partial charge < -0.3 is 35.4 Å². The van der Waals surface area contributed by atoms with E-state index in [1.807, 2.05) is 0 Å². The van der Waals surface area contributed by atoms with Crippen LogP contribution in [-0.4, -0.2) is 80.9 Å². The van der Waals surface area contributed by atoms with Crippen molar-refractivity contribution in [1.82, 2.24) is 0 Å². The zero-order valence-corrected chi connectivity index (χ0v) is 20.9. The lowest BCUT2D eigenvalue weighted by Crippen LogP contribution is -2.03. The second kappa shape index (κ2) is 31.8. The Labute approximate surface area is 208 Å². The fraction of sp³-hybridized carbons (Fsp3) is 0.833. The minimum Gasteiger partial charge on any atom is -0.481 e. The van der Waals surface area contributed by atoms with Gasteiger partial charge in [-0.2, -0.15) is 0 Å². The van der Waals surface area contributed by atoms with E-state index < -0.39 is 23.9 Å².